The van der Waals surface area contributed by atoms with Crippen LogP contribution in [0.15, 0.2) is 12.3 Å². The highest BCUT2D eigenvalue weighted by atomic mass is 16.1. The molecule has 16 heavy (non-hydrogen) atoms. The second kappa shape index (κ2) is 9.21. The maximum absolute atomic E-state index is 10.6. The van der Waals surface area contributed by atoms with Crippen LogP contribution in [0.1, 0.15) is 26.7 Å². The van der Waals surface area contributed by atoms with E-state index in [1.807, 2.05) is 6.92 Å². The Hall–Kier alpha value is -1.03. The van der Waals surface area contributed by atoms with Crippen LogP contribution in [0.4, 0.5) is 0 Å². The average Bonchev–Trinajstić information content (AvgIpc) is 2.19. The van der Waals surface area contributed by atoms with Crippen molar-refractivity contribution in [2.45, 2.75) is 26.7 Å². The Morgan fingerprint density at radius 3 is 2.06 bits per heavy atom. The first-order valence-electron chi connectivity index (χ1n) is 5.84. The number of carbonyl (C=O) groups is 1. The van der Waals surface area contributed by atoms with Gasteiger partial charge in [-0.3, -0.25) is 4.79 Å². The van der Waals surface area contributed by atoms with Crippen molar-refractivity contribution in [3.63, 3.8) is 0 Å². The highest BCUT2D eigenvalue weighted by Crippen LogP contribution is 1.90. The van der Waals surface area contributed by atoms with Gasteiger partial charge < -0.3 is 15.5 Å². The summed E-state index contributed by atoms with van der Waals surface area (Å²) in [5.41, 5.74) is 1.02. The SMILES string of the molecule is C=C(C)NCCCN(C)CCCNC(C)=O. The molecule has 0 atom stereocenters. The van der Waals surface area contributed by atoms with Gasteiger partial charge in [0.1, 0.15) is 0 Å². The highest BCUT2D eigenvalue weighted by Gasteiger charge is 1.98. The molecular weight excluding hydrogens is 202 g/mol. The Kier molecular flexibility index (Phi) is 8.62. The third-order valence-electron chi connectivity index (χ3n) is 2.23. The summed E-state index contributed by atoms with van der Waals surface area (Å²) in [6.45, 7) is 11.1. The second-order valence-electron chi connectivity index (χ2n) is 4.20. The van der Waals surface area contributed by atoms with E-state index in [1.165, 1.54) is 0 Å². The largest absolute Gasteiger partial charge is 0.389 e. The Balaban J connectivity index is 3.27. The molecule has 0 aromatic rings. The Labute approximate surface area is 99.1 Å². The van der Waals surface area contributed by atoms with Gasteiger partial charge >= 0.3 is 0 Å². The van der Waals surface area contributed by atoms with Crippen molar-refractivity contribution in [2.75, 3.05) is 33.2 Å². The minimum Gasteiger partial charge on any atom is -0.389 e. The van der Waals surface area contributed by atoms with Gasteiger partial charge in [-0.1, -0.05) is 6.58 Å². The van der Waals surface area contributed by atoms with Gasteiger partial charge in [0.25, 0.3) is 0 Å². The topological polar surface area (TPSA) is 44.4 Å². The smallest absolute Gasteiger partial charge is 0.216 e. The van der Waals surface area contributed by atoms with Gasteiger partial charge in [-0.2, -0.15) is 0 Å². The van der Waals surface area contributed by atoms with Crippen molar-refractivity contribution in [2.24, 2.45) is 0 Å². The van der Waals surface area contributed by atoms with E-state index in [4.69, 9.17) is 0 Å². The number of rotatable bonds is 9. The molecule has 94 valence electrons. The van der Waals surface area contributed by atoms with E-state index in [0.29, 0.717) is 0 Å². The van der Waals surface area contributed by atoms with Crippen molar-refractivity contribution in [3.05, 3.63) is 12.3 Å². The molecule has 0 fully saturated rings. The summed E-state index contributed by atoms with van der Waals surface area (Å²) in [5, 5.41) is 6.00. The quantitative estimate of drug-likeness (QED) is 0.577. The van der Waals surface area contributed by atoms with E-state index < -0.39 is 0 Å². The van der Waals surface area contributed by atoms with Crippen LogP contribution in [0.3, 0.4) is 0 Å². The Morgan fingerprint density at radius 2 is 1.62 bits per heavy atom. The third kappa shape index (κ3) is 11.0. The average molecular weight is 227 g/mol. The zero-order valence-electron chi connectivity index (χ0n) is 10.8. The number of hydrogen-bond acceptors (Lipinski definition) is 3. The van der Waals surface area contributed by atoms with Gasteiger partial charge in [0.2, 0.25) is 5.91 Å². The van der Waals surface area contributed by atoms with Gasteiger partial charge in [-0.25, -0.2) is 0 Å². The summed E-state index contributed by atoms with van der Waals surface area (Å²) in [6, 6.07) is 0. The molecule has 4 heteroatoms. The fraction of sp³-hybridized carbons (Fsp3) is 0.750. The fourth-order valence-electron chi connectivity index (χ4n) is 1.38. The molecule has 0 rings (SSSR count). The summed E-state index contributed by atoms with van der Waals surface area (Å²) >= 11 is 0. The Bertz CT molecular complexity index is 194. The summed E-state index contributed by atoms with van der Waals surface area (Å²) in [7, 11) is 2.11. The van der Waals surface area contributed by atoms with E-state index in [0.717, 1.165) is 44.7 Å². The van der Waals surface area contributed by atoms with E-state index in [9.17, 15) is 4.79 Å². The molecule has 2 N–H and O–H groups in total. The van der Waals surface area contributed by atoms with Crippen LogP contribution in [0.2, 0.25) is 0 Å². The van der Waals surface area contributed by atoms with E-state index in [1.54, 1.807) is 6.92 Å². The molecule has 0 aliphatic heterocycles. The molecule has 0 heterocycles. The maximum atomic E-state index is 10.6. The molecular formula is C12H25N3O. The van der Waals surface area contributed by atoms with Gasteiger partial charge in [0.05, 0.1) is 0 Å². The van der Waals surface area contributed by atoms with Crippen molar-refractivity contribution in [1.82, 2.24) is 15.5 Å². The second-order valence-corrected chi connectivity index (χ2v) is 4.20. The van der Waals surface area contributed by atoms with Crippen LogP contribution in [0, 0.1) is 0 Å². The molecule has 0 aliphatic carbocycles. The molecule has 0 unspecified atom stereocenters. The van der Waals surface area contributed by atoms with E-state index in [-0.39, 0.29) is 5.91 Å². The summed E-state index contributed by atoms with van der Waals surface area (Å²) in [5.74, 6) is 0.0494. The number of carbonyl (C=O) groups excluding carboxylic acids is 1. The molecule has 0 aromatic heterocycles. The van der Waals surface area contributed by atoms with Crippen molar-refractivity contribution >= 4 is 5.91 Å². The van der Waals surface area contributed by atoms with Crippen molar-refractivity contribution < 1.29 is 4.79 Å². The van der Waals surface area contributed by atoms with Gasteiger partial charge in [-0.15, -0.1) is 0 Å². The van der Waals surface area contributed by atoms with Crippen molar-refractivity contribution in [1.29, 1.82) is 0 Å². The molecule has 4 nitrogen and oxygen atoms in total. The number of amides is 1. The highest BCUT2D eigenvalue weighted by molar-refractivity contribution is 5.72. The fourth-order valence-corrected chi connectivity index (χ4v) is 1.38. The summed E-state index contributed by atoms with van der Waals surface area (Å²) in [4.78, 5) is 12.9. The standard InChI is InChI=1S/C12H25N3O/c1-11(2)13-7-5-9-15(4)10-6-8-14-12(3)16/h13H,1,5-10H2,2-4H3,(H,14,16). The number of nitrogens with one attached hydrogen (secondary N) is 2. The molecule has 0 radical (unpaired) electrons. The maximum Gasteiger partial charge on any atom is 0.216 e. The van der Waals surface area contributed by atoms with Crippen LogP contribution in [0.25, 0.3) is 0 Å². The number of allylic oxidation sites excluding steroid dienone is 1. The molecule has 0 aliphatic rings. The zero-order chi connectivity index (χ0) is 12.4. The first-order chi connectivity index (χ1) is 7.52. The summed E-state index contributed by atoms with van der Waals surface area (Å²) in [6.07, 6.45) is 2.12. The zero-order valence-corrected chi connectivity index (χ0v) is 10.8. The lowest BCUT2D eigenvalue weighted by molar-refractivity contribution is -0.118. The normalized spacial score (nSPS) is 10.2. The molecule has 0 saturated carbocycles. The van der Waals surface area contributed by atoms with Gasteiger partial charge in [0, 0.05) is 25.7 Å². The van der Waals surface area contributed by atoms with Crippen LogP contribution in [-0.4, -0.2) is 44.0 Å². The van der Waals surface area contributed by atoms with E-state index >= 15 is 0 Å². The minimum absolute atomic E-state index is 0.0494. The first kappa shape index (κ1) is 15.0. The minimum atomic E-state index is 0.0494. The van der Waals surface area contributed by atoms with E-state index in [2.05, 4.69) is 29.2 Å². The predicted octanol–water partition coefficient (Wildman–Crippen LogP) is 0.958. The van der Waals surface area contributed by atoms with Crippen LogP contribution in [-0.2, 0) is 4.79 Å². The van der Waals surface area contributed by atoms with Gasteiger partial charge in [-0.05, 0) is 39.9 Å². The predicted molar refractivity (Wildman–Crippen MR) is 68.2 cm³/mol. The van der Waals surface area contributed by atoms with Gasteiger partial charge in [0.15, 0.2) is 0 Å². The third-order valence-corrected chi connectivity index (χ3v) is 2.23. The molecule has 0 spiro atoms. The first-order valence-corrected chi connectivity index (χ1v) is 5.84. The number of nitrogens with zero attached hydrogens (tertiary/aromatic N) is 1. The lowest BCUT2D eigenvalue weighted by atomic mass is 10.3. The van der Waals surface area contributed by atoms with Crippen LogP contribution >= 0.6 is 0 Å². The van der Waals surface area contributed by atoms with Crippen molar-refractivity contribution in [3.8, 4) is 0 Å². The lowest BCUT2D eigenvalue weighted by Crippen LogP contribution is -2.28. The van der Waals surface area contributed by atoms with Crippen LogP contribution < -0.4 is 10.6 Å². The molecule has 0 aromatic carbocycles. The van der Waals surface area contributed by atoms with Crippen LogP contribution in [0.5, 0.6) is 0 Å². The monoisotopic (exact) mass is 227 g/mol. The summed E-state index contributed by atoms with van der Waals surface area (Å²) < 4.78 is 0. The molecule has 0 saturated heterocycles. The molecule has 0 bridgehead atoms. The lowest BCUT2D eigenvalue weighted by Gasteiger charge is -2.16. The molecule has 1 amide bonds. The Morgan fingerprint density at radius 1 is 1.12 bits per heavy atom. The number of hydrogen-bond donors (Lipinski definition) is 2.